The molecule has 0 fully saturated rings. The van der Waals surface area contributed by atoms with E-state index in [1.54, 1.807) is 4.68 Å². The molecule has 0 saturated heterocycles. The highest BCUT2D eigenvalue weighted by Crippen LogP contribution is 2.20. The number of aromatic nitrogens is 4. The summed E-state index contributed by atoms with van der Waals surface area (Å²) in [6.45, 7) is 4.28. The Bertz CT molecular complexity index is 830. The second-order valence-electron chi connectivity index (χ2n) is 5.82. The number of thioether (sulfide) groups is 1. The van der Waals surface area contributed by atoms with Crippen LogP contribution in [-0.2, 0) is 4.79 Å². The Morgan fingerprint density at radius 1 is 1.12 bits per heavy atom. The van der Waals surface area contributed by atoms with Gasteiger partial charge in [0.15, 0.2) is 0 Å². The van der Waals surface area contributed by atoms with Crippen molar-refractivity contribution in [2.45, 2.75) is 24.9 Å². The number of nitrogens with zero attached hydrogens (tertiary/aromatic N) is 4. The predicted molar refractivity (Wildman–Crippen MR) is 99.0 cm³/mol. The second kappa shape index (κ2) is 7.94. The number of rotatable bonds is 6. The zero-order valence-corrected chi connectivity index (χ0v) is 14.9. The highest BCUT2D eigenvalue weighted by molar-refractivity contribution is 7.99. The maximum atomic E-state index is 12.2. The molecular formula is C18H19N5OS. The predicted octanol–water partition coefficient (Wildman–Crippen LogP) is 3.52. The first kappa shape index (κ1) is 17.2. The third kappa shape index (κ3) is 4.45. The standard InChI is InChI=1S/C18H19N5OS/c1-13(2)14-8-10-15(11-9-14)19-17(24)12-25-18-20-21-22-23(18)16-6-4-3-5-7-16/h3-11,13H,12H2,1-2H3,(H,19,24). The number of benzene rings is 2. The number of anilines is 1. The molecule has 0 atom stereocenters. The molecule has 7 heteroatoms. The summed E-state index contributed by atoms with van der Waals surface area (Å²) in [6, 6.07) is 17.5. The van der Waals surface area contributed by atoms with Crippen LogP contribution >= 0.6 is 11.8 Å². The fourth-order valence-corrected chi connectivity index (χ4v) is 2.97. The summed E-state index contributed by atoms with van der Waals surface area (Å²) in [4.78, 5) is 12.2. The monoisotopic (exact) mass is 353 g/mol. The Labute approximate surface area is 150 Å². The van der Waals surface area contributed by atoms with Crippen LogP contribution in [0.4, 0.5) is 5.69 Å². The topological polar surface area (TPSA) is 72.7 Å². The van der Waals surface area contributed by atoms with E-state index in [9.17, 15) is 4.79 Å². The van der Waals surface area contributed by atoms with Crippen LogP contribution < -0.4 is 5.32 Å². The average molecular weight is 353 g/mol. The summed E-state index contributed by atoms with van der Waals surface area (Å²) < 4.78 is 1.62. The van der Waals surface area contributed by atoms with E-state index in [-0.39, 0.29) is 11.7 Å². The largest absolute Gasteiger partial charge is 0.325 e. The first-order chi connectivity index (χ1) is 12.1. The van der Waals surface area contributed by atoms with Crippen molar-refractivity contribution < 1.29 is 4.79 Å². The summed E-state index contributed by atoms with van der Waals surface area (Å²) in [6.07, 6.45) is 0. The summed E-state index contributed by atoms with van der Waals surface area (Å²) in [5.41, 5.74) is 2.90. The van der Waals surface area contributed by atoms with E-state index in [2.05, 4.69) is 34.7 Å². The van der Waals surface area contributed by atoms with Gasteiger partial charge in [-0.2, -0.15) is 4.68 Å². The molecule has 3 aromatic rings. The van der Waals surface area contributed by atoms with E-state index in [0.29, 0.717) is 11.1 Å². The number of hydrogen-bond donors (Lipinski definition) is 1. The molecule has 2 aromatic carbocycles. The molecule has 25 heavy (non-hydrogen) atoms. The molecule has 3 rings (SSSR count). The van der Waals surface area contributed by atoms with Crippen molar-refractivity contribution in [1.29, 1.82) is 0 Å². The molecule has 0 saturated carbocycles. The van der Waals surface area contributed by atoms with E-state index < -0.39 is 0 Å². The fourth-order valence-electron chi connectivity index (χ4n) is 2.28. The third-order valence-corrected chi connectivity index (χ3v) is 4.55. The van der Waals surface area contributed by atoms with E-state index >= 15 is 0 Å². The summed E-state index contributed by atoms with van der Waals surface area (Å²) in [5.74, 6) is 0.612. The number of nitrogens with one attached hydrogen (secondary N) is 1. The Morgan fingerprint density at radius 3 is 2.52 bits per heavy atom. The smallest absolute Gasteiger partial charge is 0.234 e. The lowest BCUT2D eigenvalue weighted by Gasteiger charge is -2.08. The quantitative estimate of drug-likeness (QED) is 0.687. The van der Waals surface area contributed by atoms with Gasteiger partial charge >= 0.3 is 0 Å². The van der Waals surface area contributed by atoms with Crippen molar-refractivity contribution in [2.75, 3.05) is 11.1 Å². The van der Waals surface area contributed by atoms with Gasteiger partial charge in [0.05, 0.1) is 11.4 Å². The van der Waals surface area contributed by atoms with Crippen molar-refractivity contribution in [2.24, 2.45) is 0 Å². The van der Waals surface area contributed by atoms with Crippen molar-refractivity contribution in [3.8, 4) is 5.69 Å². The van der Waals surface area contributed by atoms with Crippen LogP contribution in [0.3, 0.4) is 0 Å². The zero-order valence-electron chi connectivity index (χ0n) is 14.1. The van der Waals surface area contributed by atoms with Crippen LogP contribution in [0.15, 0.2) is 59.8 Å². The van der Waals surface area contributed by atoms with Crippen molar-refractivity contribution in [3.05, 3.63) is 60.2 Å². The van der Waals surface area contributed by atoms with Gasteiger partial charge in [0.1, 0.15) is 0 Å². The van der Waals surface area contributed by atoms with Gasteiger partial charge in [-0.3, -0.25) is 4.79 Å². The van der Waals surface area contributed by atoms with Crippen molar-refractivity contribution >= 4 is 23.4 Å². The molecule has 1 heterocycles. The van der Waals surface area contributed by atoms with Crippen LogP contribution in [0.5, 0.6) is 0 Å². The Balaban J connectivity index is 1.59. The van der Waals surface area contributed by atoms with E-state index in [0.717, 1.165) is 11.4 Å². The minimum Gasteiger partial charge on any atom is -0.325 e. The number of carbonyl (C=O) groups is 1. The van der Waals surface area contributed by atoms with Gasteiger partial charge in [0, 0.05) is 5.69 Å². The molecule has 0 bridgehead atoms. The molecule has 0 spiro atoms. The second-order valence-corrected chi connectivity index (χ2v) is 6.76. The molecule has 0 unspecified atom stereocenters. The first-order valence-corrected chi connectivity index (χ1v) is 8.98. The molecule has 1 amide bonds. The number of amides is 1. The van der Waals surface area contributed by atoms with Gasteiger partial charge in [-0.05, 0) is 46.2 Å². The van der Waals surface area contributed by atoms with E-state index in [1.165, 1.54) is 17.3 Å². The van der Waals surface area contributed by atoms with E-state index in [1.807, 2.05) is 54.6 Å². The van der Waals surface area contributed by atoms with Crippen molar-refractivity contribution in [1.82, 2.24) is 20.2 Å². The minimum atomic E-state index is -0.0927. The van der Waals surface area contributed by atoms with Crippen LogP contribution in [0.1, 0.15) is 25.3 Å². The Kier molecular flexibility index (Phi) is 5.45. The van der Waals surface area contributed by atoms with Crippen molar-refractivity contribution in [3.63, 3.8) is 0 Å². The molecular weight excluding hydrogens is 334 g/mol. The number of tetrazole rings is 1. The molecule has 128 valence electrons. The normalized spacial score (nSPS) is 10.8. The maximum absolute atomic E-state index is 12.2. The third-order valence-electron chi connectivity index (χ3n) is 3.64. The molecule has 6 nitrogen and oxygen atoms in total. The molecule has 1 aromatic heterocycles. The Morgan fingerprint density at radius 2 is 1.84 bits per heavy atom. The molecule has 1 N–H and O–H groups in total. The van der Waals surface area contributed by atoms with Gasteiger partial charge in [0.25, 0.3) is 0 Å². The summed E-state index contributed by atoms with van der Waals surface area (Å²) in [5, 5.41) is 15.1. The number of hydrogen-bond acceptors (Lipinski definition) is 5. The zero-order chi connectivity index (χ0) is 17.6. The first-order valence-electron chi connectivity index (χ1n) is 8.00. The lowest BCUT2D eigenvalue weighted by atomic mass is 10.0. The lowest BCUT2D eigenvalue weighted by Crippen LogP contribution is -2.14. The summed E-state index contributed by atoms with van der Waals surface area (Å²) >= 11 is 1.30. The SMILES string of the molecule is CC(C)c1ccc(NC(=O)CSc2nnnn2-c2ccccc2)cc1. The minimum absolute atomic E-state index is 0.0927. The summed E-state index contributed by atoms with van der Waals surface area (Å²) in [7, 11) is 0. The molecule has 0 aliphatic carbocycles. The molecule has 0 radical (unpaired) electrons. The number of carbonyl (C=O) groups excluding carboxylic acids is 1. The molecule has 0 aliphatic heterocycles. The highest BCUT2D eigenvalue weighted by atomic mass is 32.2. The van der Waals surface area contributed by atoms with E-state index in [4.69, 9.17) is 0 Å². The van der Waals surface area contributed by atoms with Crippen LogP contribution in [0.2, 0.25) is 0 Å². The van der Waals surface area contributed by atoms with Gasteiger partial charge in [0.2, 0.25) is 11.1 Å². The van der Waals surface area contributed by atoms with Gasteiger partial charge in [-0.15, -0.1) is 5.10 Å². The number of para-hydroxylation sites is 1. The Hall–Kier alpha value is -2.67. The van der Waals surface area contributed by atoms with Crippen LogP contribution in [-0.4, -0.2) is 31.9 Å². The highest BCUT2D eigenvalue weighted by Gasteiger charge is 2.11. The van der Waals surface area contributed by atoms with Gasteiger partial charge < -0.3 is 5.32 Å². The maximum Gasteiger partial charge on any atom is 0.234 e. The lowest BCUT2D eigenvalue weighted by molar-refractivity contribution is -0.113. The van der Waals surface area contributed by atoms with Crippen LogP contribution in [0, 0.1) is 0 Å². The average Bonchev–Trinajstić information content (AvgIpc) is 3.10. The fraction of sp³-hybridized carbons (Fsp3) is 0.222. The molecule has 0 aliphatic rings. The van der Waals surface area contributed by atoms with Gasteiger partial charge in [-0.1, -0.05) is 55.9 Å². The van der Waals surface area contributed by atoms with Crippen LogP contribution in [0.25, 0.3) is 5.69 Å². The van der Waals surface area contributed by atoms with Gasteiger partial charge in [-0.25, -0.2) is 0 Å².